The van der Waals surface area contributed by atoms with Crippen LogP contribution in [0.2, 0.25) is 0 Å². The fourth-order valence-corrected chi connectivity index (χ4v) is 7.28. The summed E-state index contributed by atoms with van der Waals surface area (Å²) in [5.41, 5.74) is 1.39. The van der Waals surface area contributed by atoms with Crippen molar-refractivity contribution >= 4 is 0 Å². The van der Waals surface area contributed by atoms with Crippen molar-refractivity contribution in [3.8, 4) is 0 Å². The Kier molecular flexibility index (Phi) is 7.25. The monoisotopic (exact) mass is 420 g/mol. The summed E-state index contributed by atoms with van der Waals surface area (Å²) >= 11 is 0. The van der Waals surface area contributed by atoms with Crippen LogP contribution in [0.3, 0.4) is 0 Å². The zero-order valence-corrected chi connectivity index (χ0v) is 19.2. The molecule has 1 heterocycles. The highest BCUT2D eigenvalue weighted by molar-refractivity contribution is 5.14. The molecule has 0 spiro atoms. The molecule has 5 nitrogen and oxygen atoms in total. The van der Waals surface area contributed by atoms with Crippen LogP contribution in [0.15, 0.2) is 12.2 Å². The summed E-state index contributed by atoms with van der Waals surface area (Å²) in [6, 6.07) is 0.524. The molecule has 0 amide bonds. The first-order valence-corrected chi connectivity index (χ1v) is 12.5. The Morgan fingerprint density at radius 2 is 1.97 bits per heavy atom. The predicted octanol–water partition coefficient (Wildman–Crippen LogP) is 2.82. The standard InChI is InChI=1S/C25H44N2O3/c1-17-4-5-21-20(17)6-7-23(25(3)9-8-19(28)14-24(25)29)22(21)16-26-15-18(2)27-10-12-30-13-11-27/h18-24,26,28-29H,1,4-16H2,2-3H3/t18?,19-,20?,21?,22-,23?,24-,25+/m0/s1. The first kappa shape index (κ1) is 22.7. The van der Waals surface area contributed by atoms with Gasteiger partial charge >= 0.3 is 0 Å². The molecule has 0 aromatic carbocycles. The highest BCUT2D eigenvalue weighted by atomic mass is 16.5. The number of rotatable bonds is 6. The third-order valence-electron chi connectivity index (χ3n) is 9.30. The van der Waals surface area contributed by atoms with Crippen LogP contribution >= 0.6 is 0 Å². The van der Waals surface area contributed by atoms with Crippen LogP contribution in [-0.2, 0) is 4.74 Å². The maximum atomic E-state index is 11.0. The second-order valence-electron chi connectivity index (χ2n) is 10.9. The third kappa shape index (κ3) is 4.52. The Hall–Kier alpha value is -0.460. The van der Waals surface area contributed by atoms with Gasteiger partial charge in [0.15, 0.2) is 0 Å². The number of aliphatic hydroxyl groups excluding tert-OH is 2. The van der Waals surface area contributed by atoms with Gasteiger partial charge < -0.3 is 20.3 Å². The van der Waals surface area contributed by atoms with E-state index in [4.69, 9.17) is 4.74 Å². The molecule has 8 atom stereocenters. The van der Waals surface area contributed by atoms with Crippen LogP contribution in [0.1, 0.15) is 58.8 Å². The largest absolute Gasteiger partial charge is 0.393 e. The van der Waals surface area contributed by atoms with Crippen molar-refractivity contribution in [2.24, 2.45) is 29.1 Å². The summed E-state index contributed by atoms with van der Waals surface area (Å²) in [4.78, 5) is 2.53. The van der Waals surface area contributed by atoms with E-state index in [1.807, 2.05) is 0 Å². The highest BCUT2D eigenvalue weighted by Crippen LogP contribution is 2.57. The van der Waals surface area contributed by atoms with Crippen molar-refractivity contribution in [2.75, 3.05) is 39.4 Å². The van der Waals surface area contributed by atoms with Crippen LogP contribution in [0.25, 0.3) is 0 Å². The van der Waals surface area contributed by atoms with Crippen molar-refractivity contribution in [3.05, 3.63) is 12.2 Å². The Morgan fingerprint density at radius 1 is 1.20 bits per heavy atom. The van der Waals surface area contributed by atoms with Crippen molar-refractivity contribution in [1.29, 1.82) is 0 Å². The second-order valence-corrected chi connectivity index (χ2v) is 10.9. The van der Waals surface area contributed by atoms with Crippen LogP contribution in [0.4, 0.5) is 0 Å². The summed E-state index contributed by atoms with van der Waals surface area (Å²) in [7, 11) is 0. The van der Waals surface area contributed by atoms with Crippen molar-refractivity contribution in [3.63, 3.8) is 0 Å². The van der Waals surface area contributed by atoms with E-state index in [0.717, 1.165) is 52.2 Å². The van der Waals surface area contributed by atoms with Crippen LogP contribution < -0.4 is 5.32 Å². The highest BCUT2D eigenvalue weighted by Gasteiger charge is 2.52. The molecule has 4 unspecified atom stereocenters. The zero-order chi connectivity index (χ0) is 21.3. The lowest BCUT2D eigenvalue weighted by atomic mass is 9.54. The summed E-state index contributed by atoms with van der Waals surface area (Å²) in [6.45, 7) is 14.9. The summed E-state index contributed by atoms with van der Waals surface area (Å²) in [5, 5.41) is 25.0. The van der Waals surface area contributed by atoms with Gasteiger partial charge in [0, 0.05) is 25.7 Å². The number of ether oxygens (including phenoxy) is 1. The van der Waals surface area contributed by atoms with Gasteiger partial charge in [-0.25, -0.2) is 0 Å². The average molecular weight is 421 g/mol. The number of hydrogen-bond donors (Lipinski definition) is 3. The average Bonchev–Trinajstić information content (AvgIpc) is 3.13. The van der Waals surface area contributed by atoms with Crippen LogP contribution in [0, 0.1) is 29.1 Å². The van der Waals surface area contributed by atoms with E-state index in [0.29, 0.717) is 36.1 Å². The molecule has 3 saturated carbocycles. The van der Waals surface area contributed by atoms with E-state index in [2.05, 4.69) is 30.6 Å². The van der Waals surface area contributed by atoms with Gasteiger partial charge in [0.25, 0.3) is 0 Å². The van der Waals surface area contributed by atoms with E-state index < -0.39 is 0 Å². The number of hydrogen-bond acceptors (Lipinski definition) is 5. The molecule has 0 aromatic rings. The third-order valence-corrected chi connectivity index (χ3v) is 9.30. The number of aliphatic hydroxyl groups is 2. The smallest absolute Gasteiger partial charge is 0.0621 e. The minimum absolute atomic E-state index is 0.0731. The molecule has 0 radical (unpaired) electrons. The molecule has 1 aliphatic heterocycles. The molecule has 3 aliphatic carbocycles. The first-order chi connectivity index (χ1) is 14.4. The van der Waals surface area contributed by atoms with E-state index in [9.17, 15) is 10.2 Å². The lowest BCUT2D eigenvalue weighted by Gasteiger charge is -2.53. The second kappa shape index (κ2) is 9.58. The SMILES string of the molecule is C=C1CCC2C1CCC([C@@]1(C)CC[C@H](O)C[C@@H]1O)[C@H]2CNCC(C)N1CCOCC1. The molecule has 1 saturated heterocycles. The first-order valence-electron chi connectivity index (χ1n) is 12.5. The fourth-order valence-electron chi connectivity index (χ4n) is 7.28. The van der Waals surface area contributed by atoms with E-state index in [1.165, 1.54) is 31.3 Å². The predicted molar refractivity (Wildman–Crippen MR) is 120 cm³/mol. The van der Waals surface area contributed by atoms with Crippen molar-refractivity contribution in [2.45, 2.75) is 77.0 Å². The Bertz CT molecular complexity index is 593. The maximum Gasteiger partial charge on any atom is 0.0621 e. The van der Waals surface area contributed by atoms with Gasteiger partial charge in [0.2, 0.25) is 0 Å². The van der Waals surface area contributed by atoms with Crippen molar-refractivity contribution in [1.82, 2.24) is 10.2 Å². The molecule has 0 aromatic heterocycles. The van der Waals surface area contributed by atoms with E-state index >= 15 is 0 Å². The Balaban J connectivity index is 1.43. The number of nitrogens with one attached hydrogen (secondary N) is 1. The summed E-state index contributed by atoms with van der Waals surface area (Å²) in [6.07, 6.45) is 6.47. The summed E-state index contributed by atoms with van der Waals surface area (Å²) in [5.74, 6) is 2.51. The zero-order valence-electron chi connectivity index (χ0n) is 19.2. The van der Waals surface area contributed by atoms with E-state index in [1.54, 1.807) is 0 Å². The molecular formula is C25H44N2O3. The van der Waals surface area contributed by atoms with Gasteiger partial charge in [-0.1, -0.05) is 19.1 Å². The molecule has 172 valence electrons. The molecule has 5 heteroatoms. The molecule has 30 heavy (non-hydrogen) atoms. The molecular weight excluding hydrogens is 376 g/mol. The molecule has 3 N–H and O–H groups in total. The minimum atomic E-state index is -0.387. The Morgan fingerprint density at radius 3 is 2.70 bits per heavy atom. The lowest BCUT2D eigenvalue weighted by molar-refractivity contribution is -0.110. The Labute approximate surface area is 183 Å². The van der Waals surface area contributed by atoms with Gasteiger partial charge in [-0.3, -0.25) is 4.90 Å². The topological polar surface area (TPSA) is 65.0 Å². The lowest BCUT2D eigenvalue weighted by Crippen LogP contribution is -2.53. The van der Waals surface area contributed by atoms with E-state index in [-0.39, 0.29) is 17.6 Å². The van der Waals surface area contributed by atoms with Gasteiger partial charge in [-0.2, -0.15) is 0 Å². The maximum absolute atomic E-state index is 11.0. The van der Waals surface area contributed by atoms with Crippen LogP contribution in [-0.4, -0.2) is 72.8 Å². The number of fused-ring (bicyclic) bond motifs is 1. The van der Waals surface area contributed by atoms with Gasteiger partial charge in [0.05, 0.1) is 25.4 Å². The van der Waals surface area contributed by atoms with Gasteiger partial charge in [-0.15, -0.1) is 0 Å². The molecule has 4 aliphatic rings. The minimum Gasteiger partial charge on any atom is -0.393 e. The number of nitrogens with zero attached hydrogens (tertiary/aromatic N) is 1. The van der Waals surface area contributed by atoms with Crippen molar-refractivity contribution < 1.29 is 14.9 Å². The van der Waals surface area contributed by atoms with Gasteiger partial charge in [0.1, 0.15) is 0 Å². The normalized spacial score (nSPS) is 44.1. The molecule has 4 fully saturated rings. The molecule has 0 bridgehead atoms. The quantitative estimate of drug-likeness (QED) is 0.577. The van der Waals surface area contributed by atoms with Gasteiger partial charge in [-0.05, 0) is 87.5 Å². The molecule has 4 rings (SSSR count). The van der Waals surface area contributed by atoms with Crippen LogP contribution in [0.5, 0.6) is 0 Å². The number of morpholine rings is 1. The number of allylic oxidation sites excluding steroid dienone is 1. The summed E-state index contributed by atoms with van der Waals surface area (Å²) < 4.78 is 5.51. The fraction of sp³-hybridized carbons (Fsp3) is 0.920.